The first-order valence-electron chi connectivity index (χ1n) is 13.4. The predicted molar refractivity (Wildman–Crippen MR) is 154 cm³/mol. The number of nitrogens with one attached hydrogen (secondary N) is 2. The van der Waals surface area contributed by atoms with Crippen LogP contribution in [-0.4, -0.2) is 72.7 Å². The molecule has 2 aromatic carbocycles. The summed E-state index contributed by atoms with van der Waals surface area (Å²) in [5.41, 5.74) is -0.762. The van der Waals surface area contributed by atoms with Crippen molar-refractivity contribution < 1.29 is 36.3 Å². The molecule has 9 nitrogen and oxygen atoms in total. The van der Waals surface area contributed by atoms with Gasteiger partial charge in [0, 0.05) is 30.6 Å². The van der Waals surface area contributed by atoms with E-state index in [9.17, 15) is 36.3 Å². The number of hydrogen-bond donors (Lipinski definition) is 3. The lowest BCUT2D eigenvalue weighted by Gasteiger charge is -2.30. The number of piperidine rings is 1. The van der Waals surface area contributed by atoms with Gasteiger partial charge in [-0.3, -0.25) is 9.59 Å². The third kappa shape index (κ3) is 7.10. The van der Waals surface area contributed by atoms with Gasteiger partial charge in [-0.05, 0) is 51.0 Å². The topological polar surface area (TPSA) is 129 Å². The maximum atomic E-state index is 13.7. The second-order valence-electron chi connectivity index (χ2n) is 11.2. The van der Waals surface area contributed by atoms with Gasteiger partial charge in [-0.15, -0.1) is 11.3 Å². The zero-order valence-corrected chi connectivity index (χ0v) is 25.2. The summed E-state index contributed by atoms with van der Waals surface area (Å²) in [6.07, 6.45) is -3.17. The molecule has 0 radical (unpaired) electrons. The minimum absolute atomic E-state index is 0.0209. The van der Waals surface area contributed by atoms with E-state index in [4.69, 9.17) is 0 Å². The van der Waals surface area contributed by atoms with E-state index in [0.29, 0.717) is 34.8 Å². The molecule has 3 N–H and O–H groups in total. The van der Waals surface area contributed by atoms with Crippen LogP contribution < -0.4 is 10.0 Å². The molecule has 1 saturated heterocycles. The standard InChI is InChI=1S/C28H33F3N4O5S2/c1-16-11-13-35(14-12-16)26(37)22-23(41-25(33-22)24(36)32-15-27(3,4)38)20-9-10-21(19-8-6-5-7-18(19)20)42(39,40)34-17(2)28(29,30)31/h5-10,16-17,34,38H,11-15H2,1-4H3,(H,32,36)/t17-/m0/s1. The number of aromatic nitrogens is 1. The van der Waals surface area contributed by atoms with E-state index in [1.54, 1.807) is 27.8 Å². The molecule has 1 aliphatic rings. The molecule has 1 aliphatic heterocycles. The van der Waals surface area contributed by atoms with Crippen molar-refractivity contribution >= 4 is 43.9 Å². The molecule has 228 valence electrons. The summed E-state index contributed by atoms with van der Waals surface area (Å²) >= 11 is 0.940. The van der Waals surface area contributed by atoms with Crippen molar-refractivity contribution in [3.05, 3.63) is 47.1 Å². The van der Waals surface area contributed by atoms with Crippen LogP contribution in [0.15, 0.2) is 41.3 Å². The van der Waals surface area contributed by atoms with Crippen molar-refractivity contribution in [2.45, 2.75) is 63.3 Å². The van der Waals surface area contributed by atoms with Crippen molar-refractivity contribution in [2.75, 3.05) is 19.6 Å². The Morgan fingerprint density at radius 1 is 1.12 bits per heavy atom. The molecule has 42 heavy (non-hydrogen) atoms. The Morgan fingerprint density at radius 2 is 1.74 bits per heavy atom. The highest BCUT2D eigenvalue weighted by Crippen LogP contribution is 2.39. The Labute approximate surface area is 246 Å². The quantitative estimate of drug-likeness (QED) is 0.336. The van der Waals surface area contributed by atoms with Crippen molar-refractivity contribution in [1.82, 2.24) is 19.9 Å². The van der Waals surface area contributed by atoms with E-state index in [-0.39, 0.29) is 33.4 Å². The predicted octanol–water partition coefficient (Wildman–Crippen LogP) is 4.57. The highest BCUT2D eigenvalue weighted by Gasteiger charge is 2.39. The van der Waals surface area contributed by atoms with E-state index in [1.165, 1.54) is 32.0 Å². The van der Waals surface area contributed by atoms with Crippen LogP contribution in [0, 0.1) is 5.92 Å². The van der Waals surface area contributed by atoms with Crippen molar-refractivity contribution in [3.63, 3.8) is 0 Å². The maximum Gasteiger partial charge on any atom is 0.404 e. The third-order valence-corrected chi connectivity index (χ3v) is 9.70. The van der Waals surface area contributed by atoms with E-state index in [0.717, 1.165) is 31.1 Å². The fourth-order valence-corrected chi connectivity index (χ4v) is 7.00. The molecule has 4 rings (SSSR count). The molecule has 1 fully saturated rings. The van der Waals surface area contributed by atoms with Gasteiger partial charge in [0.2, 0.25) is 10.0 Å². The summed E-state index contributed by atoms with van der Waals surface area (Å²) in [6, 6.07) is 6.55. The van der Waals surface area contributed by atoms with Crippen molar-refractivity contribution in [3.8, 4) is 10.4 Å². The fourth-order valence-electron chi connectivity index (χ4n) is 4.55. The highest BCUT2D eigenvalue weighted by atomic mass is 32.2. The number of nitrogens with zero attached hydrogens (tertiary/aromatic N) is 2. The third-order valence-electron chi connectivity index (χ3n) is 7.02. The number of carbonyl (C=O) groups excluding carboxylic acids is 2. The number of amides is 2. The Bertz CT molecular complexity index is 1590. The molecule has 1 atom stereocenters. The fraction of sp³-hybridized carbons (Fsp3) is 0.464. The molecule has 0 bridgehead atoms. The molecule has 0 spiro atoms. The first-order valence-corrected chi connectivity index (χ1v) is 15.7. The van der Waals surface area contributed by atoms with Crippen molar-refractivity contribution in [1.29, 1.82) is 0 Å². The van der Waals surface area contributed by atoms with E-state index in [2.05, 4.69) is 17.2 Å². The molecular weight excluding hydrogens is 593 g/mol. The average Bonchev–Trinajstić information content (AvgIpc) is 3.35. The molecule has 0 aliphatic carbocycles. The van der Waals surface area contributed by atoms with Crippen LogP contribution in [0.3, 0.4) is 0 Å². The Kier molecular flexibility index (Phi) is 9.03. The molecule has 2 heterocycles. The molecule has 0 saturated carbocycles. The summed E-state index contributed by atoms with van der Waals surface area (Å²) < 4.78 is 67.3. The zero-order valence-electron chi connectivity index (χ0n) is 23.6. The highest BCUT2D eigenvalue weighted by molar-refractivity contribution is 7.89. The number of carbonyl (C=O) groups is 2. The van der Waals surface area contributed by atoms with Gasteiger partial charge in [0.1, 0.15) is 11.7 Å². The summed E-state index contributed by atoms with van der Waals surface area (Å²) in [5, 5.41) is 13.1. The SMILES string of the molecule is CC1CCN(C(=O)c2nc(C(=O)NCC(C)(C)O)sc2-c2ccc(S(=O)(=O)N[C@@H](C)C(F)(F)F)c3ccccc23)CC1. The molecule has 3 aromatic rings. The van der Waals surface area contributed by atoms with Crippen LogP contribution in [0.4, 0.5) is 13.2 Å². The van der Waals surface area contributed by atoms with Crippen LogP contribution in [0.5, 0.6) is 0 Å². The molecule has 14 heteroatoms. The first-order chi connectivity index (χ1) is 19.5. The van der Waals surface area contributed by atoms with Crippen LogP contribution in [-0.2, 0) is 10.0 Å². The largest absolute Gasteiger partial charge is 0.404 e. The minimum atomic E-state index is -4.78. The number of likely N-dealkylation sites (tertiary alicyclic amines) is 1. The Morgan fingerprint density at radius 3 is 2.33 bits per heavy atom. The van der Waals surface area contributed by atoms with Crippen LogP contribution in [0.2, 0.25) is 0 Å². The Hall–Kier alpha value is -3.07. The lowest BCUT2D eigenvalue weighted by Crippen LogP contribution is -2.43. The number of fused-ring (bicyclic) bond motifs is 1. The van der Waals surface area contributed by atoms with Gasteiger partial charge in [0.25, 0.3) is 11.8 Å². The number of hydrogen-bond acceptors (Lipinski definition) is 7. The number of aliphatic hydroxyl groups is 1. The van der Waals surface area contributed by atoms with Crippen LogP contribution in [0.25, 0.3) is 21.2 Å². The van der Waals surface area contributed by atoms with Gasteiger partial charge in [-0.25, -0.2) is 13.4 Å². The van der Waals surface area contributed by atoms with Crippen LogP contribution >= 0.6 is 11.3 Å². The van der Waals surface area contributed by atoms with Gasteiger partial charge in [-0.1, -0.05) is 37.3 Å². The summed E-state index contributed by atoms with van der Waals surface area (Å²) in [7, 11) is -4.59. The van der Waals surface area contributed by atoms with E-state index in [1.807, 2.05) is 0 Å². The molecule has 1 aromatic heterocycles. The van der Waals surface area contributed by atoms with Crippen LogP contribution in [0.1, 0.15) is 60.8 Å². The summed E-state index contributed by atoms with van der Waals surface area (Å²) in [4.78, 5) is 32.7. The lowest BCUT2D eigenvalue weighted by atomic mass is 9.98. The monoisotopic (exact) mass is 626 g/mol. The second-order valence-corrected chi connectivity index (χ2v) is 13.9. The first kappa shape index (κ1) is 31.9. The number of thiazole rings is 1. The van der Waals surface area contributed by atoms with Gasteiger partial charge in [0.05, 0.1) is 15.4 Å². The Balaban J connectivity index is 1.83. The van der Waals surface area contributed by atoms with Gasteiger partial charge in [-0.2, -0.15) is 17.9 Å². The minimum Gasteiger partial charge on any atom is -0.389 e. The smallest absolute Gasteiger partial charge is 0.389 e. The van der Waals surface area contributed by atoms with Crippen molar-refractivity contribution in [2.24, 2.45) is 5.92 Å². The number of sulfonamides is 1. The average molecular weight is 627 g/mol. The molecule has 2 amide bonds. The number of alkyl halides is 3. The number of halogens is 3. The van der Waals surface area contributed by atoms with E-state index < -0.39 is 33.7 Å². The maximum absolute atomic E-state index is 13.7. The summed E-state index contributed by atoms with van der Waals surface area (Å²) in [6.45, 7) is 6.84. The number of benzene rings is 2. The zero-order chi connectivity index (χ0) is 31.0. The van der Waals surface area contributed by atoms with E-state index >= 15 is 0 Å². The second kappa shape index (κ2) is 11.9. The number of rotatable bonds is 8. The summed E-state index contributed by atoms with van der Waals surface area (Å²) in [5.74, 6) is -0.515. The van der Waals surface area contributed by atoms with Gasteiger partial charge < -0.3 is 15.3 Å². The molecule has 0 unspecified atom stereocenters. The van der Waals surface area contributed by atoms with Gasteiger partial charge in [0.15, 0.2) is 5.01 Å². The van der Waals surface area contributed by atoms with Gasteiger partial charge >= 0.3 is 6.18 Å². The molecular formula is C28H33F3N4O5S2. The normalized spacial score (nSPS) is 16.0. The lowest BCUT2D eigenvalue weighted by molar-refractivity contribution is -0.147.